The van der Waals surface area contributed by atoms with Crippen molar-refractivity contribution in [2.75, 3.05) is 6.54 Å². The third kappa shape index (κ3) is 7.35. The predicted octanol–water partition coefficient (Wildman–Crippen LogP) is 7.67. The molecule has 0 aromatic heterocycles. The van der Waals surface area contributed by atoms with Crippen molar-refractivity contribution < 1.29 is 0 Å². The van der Waals surface area contributed by atoms with E-state index in [9.17, 15) is 0 Å². The first-order valence-corrected chi connectivity index (χ1v) is 11.1. The van der Waals surface area contributed by atoms with Gasteiger partial charge in [0, 0.05) is 12.1 Å². The van der Waals surface area contributed by atoms with Crippen molar-refractivity contribution in [2.24, 2.45) is 32.9 Å². The van der Waals surface area contributed by atoms with Crippen LogP contribution in [-0.4, -0.2) is 17.1 Å². The summed E-state index contributed by atoms with van der Waals surface area (Å²) < 4.78 is 0. The van der Waals surface area contributed by atoms with Crippen LogP contribution in [0.25, 0.3) is 0 Å². The number of nitrogens with zero attached hydrogens (tertiary/aromatic N) is 1. The van der Waals surface area contributed by atoms with Crippen LogP contribution < -0.4 is 5.84 Å². The van der Waals surface area contributed by atoms with E-state index in [1.807, 2.05) is 0 Å². The first kappa shape index (κ1) is 26.9. The quantitative estimate of drug-likeness (QED) is 0.310. The van der Waals surface area contributed by atoms with Gasteiger partial charge in [0.2, 0.25) is 0 Å². The average molecular weight is 383 g/mol. The predicted molar refractivity (Wildman–Crippen MR) is 124 cm³/mol. The molecule has 0 atom stereocenters. The average Bonchev–Trinajstić information content (AvgIpc) is 2.40. The van der Waals surface area contributed by atoms with Crippen LogP contribution in [0, 0.1) is 27.1 Å². The zero-order valence-corrected chi connectivity index (χ0v) is 21.6. The summed E-state index contributed by atoms with van der Waals surface area (Å²) in [5.74, 6) is 6.69. The minimum absolute atomic E-state index is 0.0524. The van der Waals surface area contributed by atoms with Crippen LogP contribution in [0.3, 0.4) is 0 Å². The lowest BCUT2D eigenvalue weighted by atomic mass is 9.59. The van der Waals surface area contributed by atoms with Crippen molar-refractivity contribution in [1.29, 1.82) is 0 Å². The molecule has 27 heavy (non-hydrogen) atoms. The highest BCUT2D eigenvalue weighted by molar-refractivity contribution is 4.97. The van der Waals surface area contributed by atoms with Crippen molar-refractivity contribution in [3.05, 3.63) is 0 Å². The fourth-order valence-electron chi connectivity index (χ4n) is 4.51. The lowest BCUT2D eigenvalue weighted by molar-refractivity contribution is -0.0323. The summed E-state index contributed by atoms with van der Waals surface area (Å²) >= 11 is 0. The van der Waals surface area contributed by atoms with Gasteiger partial charge < -0.3 is 0 Å². The molecule has 0 aromatic rings. The third-order valence-corrected chi connectivity index (χ3v) is 8.03. The molecule has 0 spiro atoms. The molecule has 0 aliphatic rings. The normalized spacial score (nSPS) is 15.6. The van der Waals surface area contributed by atoms with Gasteiger partial charge in [0.15, 0.2) is 0 Å². The van der Waals surface area contributed by atoms with Gasteiger partial charge in [-0.15, -0.1) is 0 Å². The molecule has 0 saturated carbocycles. The summed E-state index contributed by atoms with van der Waals surface area (Å²) in [4.78, 5) is 0. The van der Waals surface area contributed by atoms with E-state index in [1.165, 1.54) is 12.8 Å². The lowest BCUT2D eigenvalue weighted by Crippen LogP contribution is -2.59. The van der Waals surface area contributed by atoms with E-state index >= 15 is 0 Å². The standard InChI is InChI=1S/C25H54N2/c1-15-21(5,6)19-23(9,10)22(7,8)16-17-27(26)25(13,14)24(11,12)18-20(2,3)4/h15-19,26H2,1-14H3. The van der Waals surface area contributed by atoms with Gasteiger partial charge in [-0.05, 0) is 60.2 Å². The highest BCUT2D eigenvalue weighted by atomic mass is 15.4. The summed E-state index contributed by atoms with van der Waals surface area (Å²) in [7, 11) is 0. The molecule has 0 heterocycles. The molecular formula is C25H54N2. The Morgan fingerprint density at radius 3 is 1.44 bits per heavy atom. The Morgan fingerprint density at radius 1 is 0.630 bits per heavy atom. The third-order valence-electron chi connectivity index (χ3n) is 8.03. The van der Waals surface area contributed by atoms with Crippen molar-refractivity contribution >= 4 is 0 Å². The zero-order valence-electron chi connectivity index (χ0n) is 21.6. The van der Waals surface area contributed by atoms with E-state index in [0.29, 0.717) is 10.8 Å². The minimum atomic E-state index is -0.0524. The van der Waals surface area contributed by atoms with E-state index in [-0.39, 0.29) is 21.8 Å². The highest BCUT2D eigenvalue weighted by Gasteiger charge is 2.44. The Kier molecular flexibility index (Phi) is 8.32. The number of hydrogen-bond acceptors (Lipinski definition) is 2. The molecule has 0 radical (unpaired) electrons. The molecule has 164 valence electrons. The maximum atomic E-state index is 6.69. The van der Waals surface area contributed by atoms with E-state index in [2.05, 4.69) is 102 Å². The Morgan fingerprint density at radius 2 is 1.07 bits per heavy atom. The smallest absolute Gasteiger partial charge is 0.0346 e. The van der Waals surface area contributed by atoms with Crippen LogP contribution in [-0.2, 0) is 0 Å². The monoisotopic (exact) mass is 382 g/mol. The summed E-state index contributed by atoms with van der Waals surface area (Å²) in [6.07, 6.45) is 4.74. The number of nitrogens with two attached hydrogens (primary N) is 1. The van der Waals surface area contributed by atoms with Crippen LogP contribution in [0.2, 0.25) is 0 Å². The molecule has 0 amide bonds. The van der Waals surface area contributed by atoms with E-state index < -0.39 is 0 Å². The second kappa shape index (κ2) is 8.34. The van der Waals surface area contributed by atoms with Gasteiger partial charge in [-0.2, -0.15) is 0 Å². The van der Waals surface area contributed by atoms with Gasteiger partial charge in [-0.1, -0.05) is 89.5 Å². The summed E-state index contributed by atoms with van der Waals surface area (Å²) in [6, 6.07) is 0. The van der Waals surface area contributed by atoms with Gasteiger partial charge in [-0.25, -0.2) is 5.01 Å². The summed E-state index contributed by atoms with van der Waals surface area (Å²) in [5, 5.41) is 2.13. The van der Waals surface area contributed by atoms with Gasteiger partial charge in [0.1, 0.15) is 0 Å². The first-order valence-electron chi connectivity index (χ1n) is 11.1. The van der Waals surface area contributed by atoms with E-state index in [4.69, 9.17) is 5.84 Å². The van der Waals surface area contributed by atoms with Crippen molar-refractivity contribution in [3.8, 4) is 0 Å². The molecule has 0 aromatic carbocycles. The lowest BCUT2D eigenvalue weighted by Gasteiger charge is -2.51. The molecule has 0 saturated heterocycles. The SMILES string of the molecule is CCC(C)(C)CC(C)(C)C(C)(C)CCN(N)C(C)(C)C(C)(C)CC(C)(C)C. The van der Waals surface area contributed by atoms with Crippen LogP contribution >= 0.6 is 0 Å². The molecule has 0 aliphatic carbocycles. The van der Waals surface area contributed by atoms with Gasteiger partial charge in [0.05, 0.1) is 0 Å². The molecule has 0 aliphatic heterocycles. The highest BCUT2D eigenvalue weighted by Crippen LogP contribution is 2.50. The van der Waals surface area contributed by atoms with Crippen LogP contribution in [0.4, 0.5) is 0 Å². The molecule has 2 N–H and O–H groups in total. The minimum Gasteiger partial charge on any atom is -0.268 e. The topological polar surface area (TPSA) is 29.3 Å². The Labute approximate surface area is 173 Å². The molecule has 0 fully saturated rings. The number of rotatable bonds is 10. The van der Waals surface area contributed by atoms with Gasteiger partial charge in [-0.3, -0.25) is 5.84 Å². The molecule has 2 heteroatoms. The molecular weight excluding hydrogens is 328 g/mol. The largest absolute Gasteiger partial charge is 0.268 e. The fourth-order valence-corrected chi connectivity index (χ4v) is 4.51. The number of hydrogen-bond donors (Lipinski definition) is 1. The fraction of sp³-hybridized carbons (Fsp3) is 1.00. The van der Waals surface area contributed by atoms with Gasteiger partial charge >= 0.3 is 0 Å². The second-order valence-corrected chi connectivity index (χ2v) is 13.6. The van der Waals surface area contributed by atoms with Crippen molar-refractivity contribution in [1.82, 2.24) is 5.01 Å². The van der Waals surface area contributed by atoms with E-state index in [0.717, 1.165) is 19.4 Å². The van der Waals surface area contributed by atoms with Crippen LogP contribution in [0.5, 0.6) is 0 Å². The first-order chi connectivity index (χ1) is 11.6. The molecule has 2 nitrogen and oxygen atoms in total. The van der Waals surface area contributed by atoms with E-state index in [1.54, 1.807) is 0 Å². The zero-order chi connectivity index (χ0) is 22.1. The second-order valence-electron chi connectivity index (χ2n) is 13.6. The van der Waals surface area contributed by atoms with Crippen molar-refractivity contribution in [3.63, 3.8) is 0 Å². The van der Waals surface area contributed by atoms with Crippen molar-refractivity contribution in [2.45, 2.75) is 128 Å². The molecule has 0 unspecified atom stereocenters. The van der Waals surface area contributed by atoms with Crippen LogP contribution in [0.15, 0.2) is 0 Å². The molecule has 0 rings (SSSR count). The molecule has 0 bridgehead atoms. The summed E-state index contributed by atoms with van der Waals surface area (Å²) in [6.45, 7) is 34.2. The summed E-state index contributed by atoms with van der Waals surface area (Å²) in [5.41, 5.74) is 1.29. The Hall–Kier alpha value is -0.0800. The van der Waals surface area contributed by atoms with Crippen LogP contribution in [0.1, 0.15) is 123 Å². The maximum absolute atomic E-state index is 6.69. The Balaban J connectivity index is 5.22. The maximum Gasteiger partial charge on any atom is 0.0346 e. The number of hydrazine groups is 1. The van der Waals surface area contributed by atoms with Gasteiger partial charge in [0.25, 0.3) is 0 Å². The Bertz CT molecular complexity index is 461.